The van der Waals surface area contributed by atoms with E-state index in [0.717, 1.165) is 0 Å². The Kier molecular flexibility index (Phi) is 7.16. The lowest BCUT2D eigenvalue weighted by atomic mass is 10.2. The largest absolute Gasteiger partial charge is 0.413 e. The van der Waals surface area contributed by atoms with Crippen molar-refractivity contribution in [1.29, 1.82) is 0 Å². The van der Waals surface area contributed by atoms with Gasteiger partial charge in [0.1, 0.15) is 0 Å². The molecule has 0 spiro atoms. The van der Waals surface area contributed by atoms with Crippen LogP contribution < -0.4 is 0 Å². The molecule has 0 aromatic heterocycles. The summed E-state index contributed by atoms with van der Waals surface area (Å²) in [5.74, 6) is -12.6. The van der Waals surface area contributed by atoms with Crippen molar-refractivity contribution in [2.24, 2.45) is 0 Å². The van der Waals surface area contributed by atoms with E-state index in [1.165, 1.54) is 6.92 Å². The van der Waals surface area contributed by atoms with Gasteiger partial charge >= 0.3 is 17.1 Å². The lowest BCUT2D eigenvalue weighted by molar-refractivity contribution is -0.271. The average molecular weight is 360 g/mol. The van der Waals surface area contributed by atoms with E-state index >= 15 is 0 Å². The van der Waals surface area contributed by atoms with Crippen LogP contribution in [0, 0.1) is 0 Å². The number of sulfone groups is 1. The van der Waals surface area contributed by atoms with Gasteiger partial charge in [0.2, 0.25) is 9.84 Å². The van der Waals surface area contributed by atoms with Crippen LogP contribution in [0.4, 0.5) is 26.3 Å². The molecular weight excluding hydrogens is 342 g/mol. The minimum atomic E-state index is -6.02. The summed E-state index contributed by atoms with van der Waals surface area (Å²) in [4.78, 5) is 0. The van der Waals surface area contributed by atoms with Crippen molar-refractivity contribution in [2.45, 2.75) is 50.6 Å². The van der Waals surface area contributed by atoms with E-state index in [0.29, 0.717) is 0 Å². The van der Waals surface area contributed by atoms with E-state index in [2.05, 4.69) is 0 Å². The maximum atomic E-state index is 13.3. The number of ether oxygens (including phenoxy) is 2. The molecule has 4 nitrogen and oxygen atoms in total. The molecular formula is C11H18F6O4S. The van der Waals surface area contributed by atoms with Crippen LogP contribution in [0.1, 0.15) is 27.2 Å². The van der Waals surface area contributed by atoms with E-state index in [-0.39, 0.29) is 13.2 Å². The Morgan fingerprint density at radius 1 is 1.05 bits per heavy atom. The number of hydrogen-bond acceptors (Lipinski definition) is 4. The first-order chi connectivity index (χ1) is 9.70. The van der Waals surface area contributed by atoms with E-state index < -0.39 is 52.3 Å². The molecule has 0 saturated heterocycles. The fraction of sp³-hybridized carbons (Fsp3) is 1.00. The van der Waals surface area contributed by atoms with Crippen LogP contribution in [0.5, 0.6) is 0 Å². The predicted octanol–water partition coefficient (Wildman–Crippen LogP) is 3.07. The van der Waals surface area contributed by atoms with Crippen LogP contribution in [0.2, 0.25) is 0 Å². The Hall–Kier alpha value is -0.550. The summed E-state index contributed by atoms with van der Waals surface area (Å²) in [5, 5.41) is -5.89. The smallest absolute Gasteiger partial charge is 0.353 e. The molecule has 0 aromatic rings. The molecule has 0 radical (unpaired) electrons. The fourth-order valence-corrected chi connectivity index (χ4v) is 2.68. The first-order valence-corrected chi connectivity index (χ1v) is 7.95. The van der Waals surface area contributed by atoms with Gasteiger partial charge in [-0.3, -0.25) is 0 Å². The third-order valence-corrected chi connectivity index (χ3v) is 4.48. The Bertz CT molecular complexity index is 446. The molecule has 11 heteroatoms. The third kappa shape index (κ3) is 4.72. The number of hydrogen-bond donors (Lipinski definition) is 0. The van der Waals surface area contributed by atoms with E-state index in [4.69, 9.17) is 9.47 Å². The number of halogens is 6. The minimum Gasteiger partial charge on any atom is -0.353 e. The molecule has 0 aliphatic rings. The van der Waals surface area contributed by atoms with Crippen molar-refractivity contribution < 1.29 is 44.2 Å². The molecule has 22 heavy (non-hydrogen) atoms. The van der Waals surface area contributed by atoms with Gasteiger partial charge < -0.3 is 9.47 Å². The van der Waals surface area contributed by atoms with Crippen molar-refractivity contribution >= 4 is 9.84 Å². The van der Waals surface area contributed by atoms with Gasteiger partial charge in [0.25, 0.3) is 0 Å². The second kappa shape index (κ2) is 7.35. The summed E-state index contributed by atoms with van der Waals surface area (Å²) >= 11 is 0. The summed E-state index contributed by atoms with van der Waals surface area (Å²) in [5.41, 5.74) is 0. The quantitative estimate of drug-likeness (QED) is 0.341. The van der Waals surface area contributed by atoms with Gasteiger partial charge in [0.15, 0.2) is 6.29 Å². The summed E-state index contributed by atoms with van der Waals surface area (Å²) < 4.78 is 110. The predicted molar refractivity (Wildman–Crippen MR) is 66.0 cm³/mol. The maximum Gasteiger partial charge on any atom is 0.413 e. The Morgan fingerprint density at radius 2 is 1.55 bits per heavy atom. The van der Waals surface area contributed by atoms with Crippen LogP contribution in [0.3, 0.4) is 0 Å². The fourth-order valence-electron chi connectivity index (χ4n) is 1.36. The van der Waals surface area contributed by atoms with Gasteiger partial charge in [-0.25, -0.2) is 8.42 Å². The molecule has 0 bridgehead atoms. The molecule has 134 valence electrons. The topological polar surface area (TPSA) is 52.6 Å². The highest BCUT2D eigenvalue weighted by Gasteiger charge is 2.74. The Labute approximate surface area is 124 Å². The van der Waals surface area contributed by atoms with Gasteiger partial charge in [-0.1, -0.05) is 0 Å². The molecule has 0 aliphatic carbocycles. The van der Waals surface area contributed by atoms with Gasteiger partial charge in [-0.15, -0.1) is 0 Å². The highest BCUT2D eigenvalue weighted by atomic mass is 32.2. The molecule has 0 saturated carbocycles. The summed E-state index contributed by atoms with van der Waals surface area (Å²) in [7, 11) is -5.80. The first kappa shape index (κ1) is 21.4. The second-order valence-corrected chi connectivity index (χ2v) is 6.70. The number of alkyl halides is 6. The molecule has 0 N–H and O–H groups in total. The SMILES string of the molecule is CCOC(C)OCCCS(=O)(=O)C(F)(F)C(F)(F)C(C)(F)F. The summed E-state index contributed by atoms with van der Waals surface area (Å²) in [6, 6.07) is 0. The summed E-state index contributed by atoms with van der Waals surface area (Å²) in [6.45, 7) is 2.56. The lowest BCUT2D eigenvalue weighted by Crippen LogP contribution is -2.57. The van der Waals surface area contributed by atoms with Gasteiger partial charge in [-0.05, 0) is 20.3 Å². The maximum absolute atomic E-state index is 13.3. The summed E-state index contributed by atoms with van der Waals surface area (Å²) in [6.07, 6.45) is -1.31. The van der Waals surface area contributed by atoms with E-state index in [1.54, 1.807) is 6.92 Å². The molecule has 0 rings (SSSR count). The third-order valence-electron chi connectivity index (χ3n) is 2.62. The molecule has 0 fully saturated rings. The molecule has 1 atom stereocenters. The molecule has 1 unspecified atom stereocenters. The molecule has 0 amide bonds. The van der Waals surface area contributed by atoms with Crippen LogP contribution in [-0.4, -0.2) is 50.8 Å². The monoisotopic (exact) mass is 360 g/mol. The second-order valence-electron chi connectivity index (χ2n) is 4.55. The van der Waals surface area contributed by atoms with Gasteiger partial charge in [-0.2, -0.15) is 26.3 Å². The van der Waals surface area contributed by atoms with Crippen molar-refractivity contribution in [3.05, 3.63) is 0 Å². The molecule has 0 heterocycles. The molecule has 0 aromatic carbocycles. The van der Waals surface area contributed by atoms with Crippen molar-refractivity contribution in [3.8, 4) is 0 Å². The first-order valence-electron chi connectivity index (χ1n) is 6.29. The van der Waals surface area contributed by atoms with Crippen LogP contribution in [-0.2, 0) is 19.3 Å². The normalized spacial score (nSPS) is 15.9. The zero-order valence-electron chi connectivity index (χ0n) is 12.2. The molecule has 0 aliphatic heterocycles. The van der Waals surface area contributed by atoms with Crippen molar-refractivity contribution in [2.75, 3.05) is 19.0 Å². The highest BCUT2D eigenvalue weighted by molar-refractivity contribution is 7.92. The van der Waals surface area contributed by atoms with E-state index in [9.17, 15) is 34.8 Å². The van der Waals surface area contributed by atoms with Crippen LogP contribution in [0.25, 0.3) is 0 Å². The Morgan fingerprint density at radius 3 is 1.95 bits per heavy atom. The highest BCUT2D eigenvalue weighted by Crippen LogP contribution is 2.48. The minimum absolute atomic E-state index is 0.287. The van der Waals surface area contributed by atoms with Crippen molar-refractivity contribution in [3.63, 3.8) is 0 Å². The standard InChI is InChI=1S/C11H18F6O4S/c1-4-20-8(2)21-6-5-7-22(18,19)11(16,17)10(14,15)9(3,12)13/h8H,4-7H2,1-3H3. The lowest BCUT2D eigenvalue weighted by Gasteiger charge is -2.30. The number of rotatable bonds is 10. The van der Waals surface area contributed by atoms with Crippen molar-refractivity contribution in [1.82, 2.24) is 0 Å². The Balaban J connectivity index is 4.80. The zero-order valence-corrected chi connectivity index (χ0v) is 13.0. The van der Waals surface area contributed by atoms with Crippen LogP contribution >= 0.6 is 0 Å². The zero-order chi connectivity index (χ0) is 17.8. The van der Waals surface area contributed by atoms with Crippen LogP contribution in [0.15, 0.2) is 0 Å². The van der Waals surface area contributed by atoms with E-state index in [1.807, 2.05) is 0 Å². The average Bonchev–Trinajstić information content (AvgIpc) is 2.33. The van der Waals surface area contributed by atoms with Gasteiger partial charge in [0, 0.05) is 13.5 Å². The van der Waals surface area contributed by atoms with Gasteiger partial charge in [0.05, 0.1) is 12.4 Å².